The molecule has 6 heteroatoms. The van der Waals surface area contributed by atoms with Gasteiger partial charge in [0.05, 0.1) is 5.97 Å². The summed E-state index contributed by atoms with van der Waals surface area (Å²) in [5, 5.41) is 24.8. The molecule has 0 aliphatic heterocycles. The first-order chi connectivity index (χ1) is 5.00. The van der Waals surface area contributed by atoms with Crippen LogP contribution in [0.4, 0.5) is 0 Å². The molecule has 0 rings (SSSR count). The van der Waals surface area contributed by atoms with E-state index < -0.39 is 11.9 Å². The summed E-state index contributed by atoms with van der Waals surface area (Å²) in [6, 6.07) is 0. The van der Waals surface area contributed by atoms with Gasteiger partial charge in [-0.25, -0.2) is 0 Å². The molecular formula is C6H10MgO5. The second-order valence-electron chi connectivity index (χ2n) is 1.04. The Balaban J connectivity index is -0.0000000419. The second kappa shape index (κ2) is 22.4. The summed E-state index contributed by atoms with van der Waals surface area (Å²) >= 11 is 0. The topological polar surface area (TPSA) is 100 Å². The van der Waals surface area contributed by atoms with Crippen molar-refractivity contribution >= 4 is 35.0 Å². The van der Waals surface area contributed by atoms with E-state index >= 15 is 0 Å². The smallest absolute Gasteiger partial charge is 0.857 e. The van der Waals surface area contributed by atoms with Crippen LogP contribution in [0.25, 0.3) is 0 Å². The quantitative estimate of drug-likeness (QED) is 0.364. The van der Waals surface area contributed by atoms with Crippen LogP contribution in [-0.2, 0) is 9.59 Å². The molecular weight excluding hydrogens is 176 g/mol. The maximum absolute atomic E-state index is 9.14. The summed E-state index contributed by atoms with van der Waals surface area (Å²) in [5.41, 5.74) is 0. The van der Waals surface area contributed by atoms with Crippen LogP contribution in [-0.4, -0.2) is 47.2 Å². The number of carboxylic acid groups (broad SMARTS) is 2. The minimum atomic E-state index is -1.23. The largest absolute Gasteiger partial charge is 2.00 e. The molecule has 66 valence electrons. The molecule has 0 aliphatic rings. The average molecular weight is 186 g/mol. The summed E-state index contributed by atoms with van der Waals surface area (Å²) in [6.45, 7) is 3.98. The van der Waals surface area contributed by atoms with E-state index in [1.807, 2.05) is 0 Å². The Hall–Kier alpha value is -0.594. The Kier molecular flexibility index (Phi) is 42.1. The molecule has 0 aromatic rings. The third-order valence-electron chi connectivity index (χ3n) is 0.167. The molecule has 0 aromatic carbocycles. The number of hydrogen-bond donors (Lipinski definition) is 1. The van der Waals surface area contributed by atoms with Gasteiger partial charge in [0, 0.05) is 6.92 Å². The SMILES string of the molecule is C=CC(=O)[O-].CC(=O)O.C[O-].[Mg+2]. The molecule has 0 unspecified atom stereocenters. The van der Waals surface area contributed by atoms with Gasteiger partial charge in [-0.15, -0.1) is 0 Å². The number of hydrogen-bond acceptors (Lipinski definition) is 4. The molecule has 12 heavy (non-hydrogen) atoms. The van der Waals surface area contributed by atoms with Gasteiger partial charge in [0.1, 0.15) is 0 Å². The molecule has 0 aromatic heterocycles. The minimum absolute atomic E-state index is 0. The van der Waals surface area contributed by atoms with Crippen LogP contribution in [0.15, 0.2) is 12.7 Å². The van der Waals surface area contributed by atoms with E-state index in [-0.39, 0.29) is 23.1 Å². The van der Waals surface area contributed by atoms with Crippen LogP contribution in [0.3, 0.4) is 0 Å². The minimum Gasteiger partial charge on any atom is -0.857 e. The molecule has 1 N–H and O–H groups in total. The van der Waals surface area contributed by atoms with Crippen molar-refractivity contribution in [3.63, 3.8) is 0 Å². The number of carbonyl (C=O) groups is 2. The van der Waals surface area contributed by atoms with E-state index in [2.05, 4.69) is 6.58 Å². The summed E-state index contributed by atoms with van der Waals surface area (Å²) in [5.74, 6) is -2.06. The molecule has 0 fully saturated rings. The molecule has 0 saturated heterocycles. The number of carbonyl (C=O) groups excluding carboxylic acids is 1. The average Bonchev–Trinajstić information content (AvgIpc) is 1.91. The van der Waals surface area contributed by atoms with Gasteiger partial charge in [-0.1, -0.05) is 6.58 Å². The van der Waals surface area contributed by atoms with E-state index in [0.29, 0.717) is 0 Å². The molecule has 0 amide bonds. The Bertz CT molecular complexity index is 119. The van der Waals surface area contributed by atoms with E-state index in [1.165, 1.54) is 0 Å². The third-order valence-corrected chi connectivity index (χ3v) is 0.167. The zero-order valence-electron chi connectivity index (χ0n) is 7.07. The predicted octanol–water partition coefficient (Wildman–Crippen LogP) is -2.39. The first kappa shape index (κ1) is 22.5. The zero-order chi connectivity index (χ0) is 9.86. The Morgan fingerprint density at radius 3 is 1.50 bits per heavy atom. The molecule has 0 atom stereocenters. The fourth-order valence-electron chi connectivity index (χ4n) is 0. The van der Waals surface area contributed by atoms with Crippen LogP contribution in [0.2, 0.25) is 0 Å². The second-order valence-corrected chi connectivity index (χ2v) is 1.04. The van der Waals surface area contributed by atoms with Crippen molar-refractivity contribution in [3.8, 4) is 0 Å². The molecule has 0 spiro atoms. The summed E-state index contributed by atoms with van der Waals surface area (Å²) in [4.78, 5) is 18.1. The fourth-order valence-corrected chi connectivity index (χ4v) is 0. The maximum atomic E-state index is 9.14. The summed E-state index contributed by atoms with van der Waals surface area (Å²) in [7, 11) is 0.750. The first-order valence-electron chi connectivity index (χ1n) is 2.44. The molecule has 0 radical (unpaired) electrons. The van der Waals surface area contributed by atoms with E-state index in [9.17, 15) is 0 Å². The Labute approximate surface area is 86.9 Å². The van der Waals surface area contributed by atoms with E-state index in [1.54, 1.807) is 0 Å². The van der Waals surface area contributed by atoms with Crippen LogP contribution in [0, 0.1) is 0 Å². The summed E-state index contributed by atoms with van der Waals surface area (Å²) < 4.78 is 0. The standard InChI is InChI=1S/C3H4O2.C2H4O2.CH3O.Mg/c1-2-3(4)5;1-2(3)4;1-2;/h2H,1H2,(H,4,5);1H3,(H,3,4);1H3;/q;;-1;+2/p-1. The van der Waals surface area contributed by atoms with Gasteiger partial charge in [0.15, 0.2) is 0 Å². The Morgan fingerprint density at radius 2 is 1.50 bits per heavy atom. The van der Waals surface area contributed by atoms with Crippen LogP contribution < -0.4 is 10.2 Å². The van der Waals surface area contributed by atoms with E-state index in [4.69, 9.17) is 24.9 Å². The van der Waals surface area contributed by atoms with Gasteiger partial charge in [-0.3, -0.25) is 4.79 Å². The van der Waals surface area contributed by atoms with Crippen molar-refractivity contribution in [1.29, 1.82) is 0 Å². The van der Waals surface area contributed by atoms with Crippen molar-refractivity contribution < 1.29 is 24.9 Å². The van der Waals surface area contributed by atoms with Gasteiger partial charge < -0.3 is 20.1 Å². The van der Waals surface area contributed by atoms with Crippen molar-refractivity contribution in [2.45, 2.75) is 6.92 Å². The van der Waals surface area contributed by atoms with Gasteiger partial charge in [-0.05, 0) is 6.08 Å². The fraction of sp³-hybridized carbons (Fsp3) is 0.333. The molecule has 0 aliphatic carbocycles. The normalized spacial score (nSPS) is 5.25. The molecule has 0 bridgehead atoms. The monoisotopic (exact) mass is 186 g/mol. The molecule has 0 heterocycles. The first-order valence-corrected chi connectivity index (χ1v) is 2.44. The van der Waals surface area contributed by atoms with Crippen molar-refractivity contribution in [2.75, 3.05) is 7.11 Å². The molecule has 0 saturated carbocycles. The van der Waals surface area contributed by atoms with Gasteiger partial charge in [-0.2, -0.15) is 7.11 Å². The maximum Gasteiger partial charge on any atom is 2.00 e. The predicted molar refractivity (Wildman–Crippen MR) is 40.2 cm³/mol. The van der Waals surface area contributed by atoms with Crippen molar-refractivity contribution in [1.82, 2.24) is 0 Å². The van der Waals surface area contributed by atoms with Crippen LogP contribution >= 0.6 is 0 Å². The van der Waals surface area contributed by atoms with Gasteiger partial charge in [0.2, 0.25) is 0 Å². The Morgan fingerprint density at radius 1 is 1.42 bits per heavy atom. The van der Waals surface area contributed by atoms with Crippen molar-refractivity contribution in [3.05, 3.63) is 12.7 Å². The summed E-state index contributed by atoms with van der Waals surface area (Å²) in [6.07, 6.45) is 0.722. The van der Waals surface area contributed by atoms with Gasteiger partial charge in [0.25, 0.3) is 5.97 Å². The molecule has 5 nitrogen and oxygen atoms in total. The number of carboxylic acids is 2. The number of aliphatic carboxylic acids is 2. The number of rotatable bonds is 1. The zero-order valence-corrected chi connectivity index (χ0v) is 8.49. The van der Waals surface area contributed by atoms with Crippen LogP contribution in [0.5, 0.6) is 0 Å². The van der Waals surface area contributed by atoms with Crippen LogP contribution in [0.1, 0.15) is 6.92 Å². The van der Waals surface area contributed by atoms with Crippen molar-refractivity contribution in [2.24, 2.45) is 0 Å². The van der Waals surface area contributed by atoms with Gasteiger partial charge >= 0.3 is 23.1 Å². The van der Waals surface area contributed by atoms with E-state index in [0.717, 1.165) is 20.1 Å². The third kappa shape index (κ3) is 336.